The molecule has 2 heterocycles. The number of hydrogen-bond donors (Lipinski definition) is 1. The Labute approximate surface area is 137 Å². The van der Waals surface area contributed by atoms with Gasteiger partial charge in [0.25, 0.3) is 5.91 Å². The molecule has 3 rings (SSSR count). The fourth-order valence-corrected chi connectivity index (χ4v) is 2.91. The molecule has 1 amide bonds. The Morgan fingerprint density at radius 2 is 2.04 bits per heavy atom. The summed E-state index contributed by atoms with van der Waals surface area (Å²) in [4.78, 5) is 25.7. The number of aliphatic carboxylic acids is 1. The predicted octanol–water partition coefficient (Wildman–Crippen LogP) is 1.66. The van der Waals surface area contributed by atoms with Crippen LogP contribution in [0.3, 0.4) is 0 Å². The highest BCUT2D eigenvalue weighted by atomic mass is 35.5. The SMILES string of the molecule is Cc1cccc(C(=O)N2Cc3nnc(C)n3CC2C(=O)O)c1Cl. The number of aryl methyl sites for hydroxylation is 2. The van der Waals surface area contributed by atoms with Crippen LogP contribution in [-0.4, -0.2) is 42.7 Å². The van der Waals surface area contributed by atoms with E-state index in [9.17, 15) is 14.7 Å². The first-order valence-electron chi connectivity index (χ1n) is 7.07. The first-order valence-corrected chi connectivity index (χ1v) is 7.45. The van der Waals surface area contributed by atoms with E-state index in [0.717, 1.165) is 5.56 Å². The van der Waals surface area contributed by atoms with Crippen molar-refractivity contribution in [1.82, 2.24) is 19.7 Å². The second kappa shape index (κ2) is 5.66. The molecule has 1 aliphatic rings. The molecule has 0 saturated carbocycles. The number of carboxylic acids is 1. The number of halogens is 1. The summed E-state index contributed by atoms with van der Waals surface area (Å²) in [6.07, 6.45) is 0. The van der Waals surface area contributed by atoms with Gasteiger partial charge in [-0.3, -0.25) is 4.79 Å². The number of aromatic nitrogens is 3. The Bertz CT molecular complexity index is 802. The summed E-state index contributed by atoms with van der Waals surface area (Å²) in [5.41, 5.74) is 1.06. The second-order valence-electron chi connectivity index (χ2n) is 5.50. The van der Waals surface area contributed by atoms with Crippen LogP contribution in [0.5, 0.6) is 0 Å². The van der Waals surface area contributed by atoms with Crippen LogP contribution >= 0.6 is 11.6 Å². The molecular formula is C15H15ClN4O3. The first kappa shape index (κ1) is 15.5. The molecule has 7 nitrogen and oxygen atoms in total. The van der Waals surface area contributed by atoms with Crippen LogP contribution in [0.25, 0.3) is 0 Å². The predicted molar refractivity (Wildman–Crippen MR) is 82.2 cm³/mol. The van der Waals surface area contributed by atoms with Gasteiger partial charge in [-0.1, -0.05) is 23.7 Å². The minimum Gasteiger partial charge on any atom is -0.480 e. The van der Waals surface area contributed by atoms with Gasteiger partial charge in [-0.2, -0.15) is 0 Å². The van der Waals surface area contributed by atoms with E-state index in [0.29, 0.717) is 22.2 Å². The van der Waals surface area contributed by atoms with Crippen molar-refractivity contribution in [2.75, 3.05) is 0 Å². The van der Waals surface area contributed by atoms with E-state index in [1.807, 2.05) is 0 Å². The minimum absolute atomic E-state index is 0.0842. The summed E-state index contributed by atoms with van der Waals surface area (Å²) in [5.74, 6) is -0.289. The van der Waals surface area contributed by atoms with Crippen molar-refractivity contribution in [1.29, 1.82) is 0 Å². The summed E-state index contributed by atoms with van der Waals surface area (Å²) in [6.45, 7) is 3.76. The van der Waals surface area contributed by atoms with Gasteiger partial charge in [0.2, 0.25) is 0 Å². The lowest BCUT2D eigenvalue weighted by Crippen LogP contribution is -2.50. The van der Waals surface area contributed by atoms with Gasteiger partial charge in [-0.15, -0.1) is 10.2 Å². The molecule has 8 heteroatoms. The zero-order valence-electron chi connectivity index (χ0n) is 12.7. The van der Waals surface area contributed by atoms with Gasteiger partial charge in [0, 0.05) is 0 Å². The number of amides is 1. The third-order valence-corrected chi connectivity index (χ3v) is 4.53. The smallest absolute Gasteiger partial charge is 0.328 e. The van der Waals surface area contributed by atoms with Gasteiger partial charge in [-0.25, -0.2) is 4.79 Å². The Balaban J connectivity index is 2.01. The lowest BCUT2D eigenvalue weighted by Gasteiger charge is -2.33. The molecule has 0 aliphatic carbocycles. The summed E-state index contributed by atoms with van der Waals surface area (Å²) < 4.78 is 1.72. The number of nitrogens with zero attached hydrogens (tertiary/aromatic N) is 4. The second-order valence-corrected chi connectivity index (χ2v) is 5.88. The van der Waals surface area contributed by atoms with E-state index >= 15 is 0 Å². The zero-order chi connectivity index (χ0) is 16.7. The Kier molecular flexibility index (Phi) is 3.81. The Morgan fingerprint density at radius 1 is 1.30 bits per heavy atom. The molecule has 1 aromatic heterocycles. The highest BCUT2D eigenvalue weighted by Crippen LogP contribution is 2.26. The van der Waals surface area contributed by atoms with E-state index < -0.39 is 17.9 Å². The van der Waals surface area contributed by atoms with Crippen molar-refractivity contribution >= 4 is 23.5 Å². The van der Waals surface area contributed by atoms with Crippen LogP contribution < -0.4 is 0 Å². The van der Waals surface area contributed by atoms with Crippen molar-refractivity contribution in [2.45, 2.75) is 33.0 Å². The summed E-state index contributed by atoms with van der Waals surface area (Å²) in [6, 6.07) is 4.13. The van der Waals surface area contributed by atoms with Crippen molar-refractivity contribution in [2.24, 2.45) is 0 Å². The highest BCUT2D eigenvalue weighted by molar-refractivity contribution is 6.34. The minimum atomic E-state index is -1.07. The third kappa shape index (κ3) is 2.57. The van der Waals surface area contributed by atoms with Gasteiger partial charge in [0.05, 0.1) is 23.7 Å². The van der Waals surface area contributed by atoms with Gasteiger partial charge in [0.15, 0.2) is 5.82 Å². The van der Waals surface area contributed by atoms with E-state index in [-0.39, 0.29) is 13.1 Å². The molecule has 23 heavy (non-hydrogen) atoms. The van der Waals surface area contributed by atoms with E-state index in [1.54, 1.807) is 36.6 Å². The lowest BCUT2D eigenvalue weighted by atomic mass is 10.1. The Hall–Kier alpha value is -2.41. The van der Waals surface area contributed by atoms with Crippen LogP contribution in [-0.2, 0) is 17.9 Å². The van der Waals surface area contributed by atoms with Crippen LogP contribution in [0.4, 0.5) is 0 Å². The molecule has 0 bridgehead atoms. The third-order valence-electron chi connectivity index (χ3n) is 4.02. The number of carbonyl (C=O) groups excluding carboxylic acids is 1. The van der Waals surface area contributed by atoms with Gasteiger partial charge in [-0.05, 0) is 25.5 Å². The zero-order valence-corrected chi connectivity index (χ0v) is 13.4. The van der Waals surface area contributed by atoms with Gasteiger partial charge < -0.3 is 14.6 Å². The molecule has 120 valence electrons. The molecule has 2 aromatic rings. The van der Waals surface area contributed by atoms with E-state index in [2.05, 4.69) is 10.2 Å². The average Bonchev–Trinajstić information content (AvgIpc) is 2.89. The number of hydrogen-bond acceptors (Lipinski definition) is 4. The number of carbonyl (C=O) groups is 2. The normalized spacial score (nSPS) is 17.0. The van der Waals surface area contributed by atoms with Crippen molar-refractivity contribution in [3.8, 4) is 0 Å². The molecule has 0 saturated heterocycles. The molecule has 0 fully saturated rings. The van der Waals surface area contributed by atoms with Crippen LogP contribution in [0.1, 0.15) is 27.6 Å². The molecule has 1 atom stereocenters. The quantitative estimate of drug-likeness (QED) is 0.902. The lowest BCUT2D eigenvalue weighted by molar-refractivity contribution is -0.143. The number of benzene rings is 1. The van der Waals surface area contributed by atoms with E-state index in [1.165, 1.54) is 4.90 Å². The fraction of sp³-hybridized carbons (Fsp3) is 0.333. The van der Waals surface area contributed by atoms with Crippen molar-refractivity contribution in [3.05, 3.63) is 46.0 Å². The van der Waals surface area contributed by atoms with Crippen LogP contribution in [0.2, 0.25) is 5.02 Å². The largest absolute Gasteiger partial charge is 0.480 e. The molecule has 0 radical (unpaired) electrons. The van der Waals surface area contributed by atoms with Crippen molar-refractivity contribution < 1.29 is 14.7 Å². The maximum absolute atomic E-state index is 12.8. The standard InChI is InChI=1S/C15H15ClN4O3/c1-8-4-3-5-10(13(8)16)14(21)20-7-12-18-17-9(2)19(12)6-11(20)15(22)23/h3-5,11H,6-7H2,1-2H3,(H,22,23). The first-order chi connectivity index (χ1) is 10.9. The van der Waals surface area contributed by atoms with Crippen LogP contribution in [0, 0.1) is 13.8 Å². The highest BCUT2D eigenvalue weighted by Gasteiger charge is 2.37. The molecule has 1 unspecified atom stereocenters. The summed E-state index contributed by atoms with van der Waals surface area (Å²) in [5, 5.41) is 17.8. The monoisotopic (exact) mass is 334 g/mol. The molecule has 0 spiro atoms. The molecule has 1 aromatic carbocycles. The van der Waals surface area contributed by atoms with E-state index in [4.69, 9.17) is 11.6 Å². The number of carboxylic acid groups (broad SMARTS) is 1. The molecule has 1 aliphatic heterocycles. The fourth-order valence-electron chi connectivity index (χ4n) is 2.71. The number of rotatable bonds is 2. The maximum atomic E-state index is 12.8. The van der Waals surface area contributed by atoms with Gasteiger partial charge >= 0.3 is 5.97 Å². The Morgan fingerprint density at radius 3 is 2.74 bits per heavy atom. The van der Waals surface area contributed by atoms with Crippen molar-refractivity contribution in [3.63, 3.8) is 0 Å². The number of fused-ring (bicyclic) bond motifs is 1. The molecule has 1 N–H and O–H groups in total. The average molecular weight is 335 g/mol. The topological polar surface area (TPSA) is 88.3 Å². The van der Waals surface area contributed by atoms with Crippen LogP contribution in [0.15, 0.2) is 18.2 Å². The molecular weight excluding hydrogens is 320 g/mol. The van der Waals surface area contributed by atoms with Gasteiger partial charge in [0.1, 0.15) is 11.9 Å². The summed E-state index contributed by atoms with van der Waals surface area (Å²) in [7, 11) is 0. The summed E-state index contributed by atoms with van der Waals surface area (Å²) >= 11 is 6.21. The maximum Gasteiger partial charge on any atom is 0.328 e.